The first-order valence-electron chi connectivity index (χ1n) is 9.30. The Morgan fingerprint density at radius 3 is 2.32 bits per heavy atom. The van der Waals surface area contributed by atoms with Crippen LogP contribution in [0.5, 0.6) is 0 Å². The Bertz CT molecular complexity index is 599. The second-order valence-corrected chi connectivity index (χ2v) is 7.34. The minimum absolute atomic E-state index is 0.148. The van der Waals surface area contributed by atoms with Crippen molar-refractivity contribution in [2.45, 2.75) is 50.9 Å². The molecule has 0 spiro atoms. The fourth-order valence-corrected chi connectivity index (χ4v) is 3.92. The minimum atomic E-state index is -0.907. The van der Waals surface area contributed by atoms with Crippen LogP contribution in [0.25, 0.3) is 0 Å². The van der Waals surface area contributed by atoms with Gasteiger partial charge in [0.2, 0.25) is 0 Å². The number of carboxylic acids is 1. The van der Waals surface area contributed by atoms with Crippen molar-refractivity contribution in [3.63, 3.8) is 0 Å². The molecular formula is C20H27NO4. The van der Waals surface area contributed by atoms with E-state index in [4.69, 9.17) is 4.74 Å². The van der Waals surface area contributed by atoms with Crippen molar-refractivity contribution in [3.8, 4) is 0 Å². The molecular weight excluding hydrogens is 318 g/mol. The molecule has 136 valence electrons. The Morgan fingerprint density at radius 2 is 1.72 bits per heavy atom. The molecule has 0 bridgehead atoms. The van der Waals surface area contributed by atoms with Gasteiger partial charge in [0.1, 0.15) is 0 Å². The molecule has 5 heteroatoms. The number of hydrogen-bond acceptors (Lipinski definition) is 3. The molecule has 1 aliphatic heterocycles. The summed E-state index contributed by atoms with van der Waals surface area (Å²) in [6.07, 6.45) is 7.23. The summed E-state index contributed by atoms with van der Waals surface area (Å²) in [5.74, 6) is -0.450. The van der Waals surface area contributed by atoms with E-state index in [0.29, 0.717) is 37.5 Å². The Balaban J connectivity index is 1.60. The van der Waals surface area contributed by atoms with Crippen molar-refractivity contribution in [1.82, 2.24) is 5.32 Å². The molecule has 2 aliphatic rings. The van der Waals surface area contributed by atoms with Crippen LogP contribution < -0.4 is 5.32 Å². The van der Waals surface area contributed by atoms with Crippen LogP contribution in [0.1, 0.15) is 66.8 Å². The van der Waals surface area contributed by atoms with E-state index in [1.54, 1.807) is 0 Å². The minimum Gasteiger partial charge on any atom is -0.481 e. The lowest BCUT2D eigenvalue weighted by Crippen LogP contribution is -2.46. The first kappa shape index (κ1) is 17.9. The summed E-state index contributed by atoms with van der Waals surface area (Å²) in [6.45, 7) is 1.01. The van der Waals surface area contributed by atoms with Crippen LogP contribution in [0.4, 0.5) is 0 Å². The topological polar surface area (TPSA) is 75.6 Å². The Morgan fingerprint density at radius 1 is 1.08 bits per heavy atom. The van der Waals surface area contributed by atoms with Crippen molar-refractivity contribution < 1.29 is 19.4 Å². The molecule has 1 saturated carbocycles. The maximum absolute atomic E-state index is 12.4. The fourth-order valence-electron chi connectivity index (χ4n) is 3.92. The number of amides is 1. The van der Waals surface area contributed by atoms with Crippen LogP contribution in [-0.4, -0.2) is 36.7 Å². The first-order chi connectivity index (χ1) is 12.1. The van der Waals surface area contributed by atoms with E-state index in [2.05, 4.69) is 5.32 Å². The molecule has 25 heavy (non-hydrogen) atoms. The van der Waals surface area contributed by atoms with Crippen molar-refractivity contribution in [2.75, 3.05) is 19.8 Å². The maximum atomic E-state index is 12.4. The second kappa shape index (κ2) is 8.00. The molecule has 1 saturated heterocycles. The number of rotatable bonds is 5. The number of benzene rings is 1. The Kier molecular flexibility index (Phi) is 5.74. The smallest absolute Gasteiger partial charge is 0.311 e. The van der Waals surface area contributed by atoms with Gasteiger partial charge < -0.3 is 15.2 Å². The van der Waals surface area contributed by atoms with Gasteiger partial charge in [-0.2, -0.15) is 0 Å². The van der Waals surface area contributed by atoms with E-state index >= 15 is 0 Å². The normalized spacial score (nSPS) is 20.8. The zero-order valence-corrected chi connectivity index (χ0v) is 14.6. The molecule has 1 amide bonds. The number of ether oxygens (including phenoxy) is 1. The molecule has 5 nitrogen and oxygen atoms in total. The van der Waals surface area contributed by atoms with Crippen molar-refractivity contribution >= 4 is 11.9 Å². The Hall–Kier alpha value is -1.88. The lowest BCUT2D eigenvalue weighted by Gasteiger charge is -2.33. The molecule has 0 atom stereocenters. The molecule has 1 aromatic rings. The molecule has 0 radical (unpaired) electrons. The summed E-state index contributed by atoms with van der Waals surface area (Å²) in [5, 5.41) is 12.4. The zero-order chi connectivity index (χ0) is 17.7. The second-order valence-electron chi connectivity index (χ2n) is 7.34. The van der Waals surface area contributed by atoms with Gasteiger partial charge in [-0.05, 0) is 49.3 Å². The monoisotopic (exact) mass is 345 g/mol. The third kappa shape index (κ3) is 4.21. The highest BCUT2D eigenvalue weighted by Gasteiger charge is 2.40. The highest BCUT2D eigenvalue weighted by atomic mass is 16.5. The zero-order valence-electron chi connectivity index (χ0n) is 14.6. The number of carboxylic acid groups (broad SMARTS) is 1. The molecule has 0 unspecified atom stereocenters. The highest BCUT2D eigenvalue weighted by Crippen LogP contribution is 2.33. The fraction of sp³-hybridized carbons (Fsp3) is 0.600. The number of nitrogens with one attached hydrogen (secondary N) is 1. The van der Waals surface area contributed by atoms with E-state index in [-0.39, 0.29) is 12.5 Å². The largest absolute Gasteiger partial charge is 0.481 e. The average Bonchev–Trinajstić information content (AvgIpc) is 2.67. The van der Waals surface area contributed by atoms with E-state index in [9.17, 15) is 14.7 Å². The summed E-state index contributed by atoms with van der Waals surface area (Å²) >= 11 is 0. The summed E-state index contributed by atoms with van der Waals surface area (Å²) in [7, 11) is 0. The van der Waals surface area contributed by atoms with Crippen molar-refractivity contribution in [1.29, 1.82) is 0 Å². The van der Waals surface area contributed by atoms with Gasteiger partial charge in [0.15, 0.2) is 0 Å². The summed E-state index contributed by atoms with van der Waals surface area (Å²) in [4.78, 5) is 24.0. The van der Waals surface area contributed by atoms with Gasteiger partial charge in [-0.25, -0.2) is 0 Å². The van der Waals surface area contributed by atoms with Crippen molar-refractivity contribution in [2.24, 2.45) is 5.41 Å². The summed E-state index contributed by atoms with van der Waals surface area (Å²) < 4.78 is 5.26. The molecule has 2 N–H and O–H groups in total. The van der Waals surface area contributed by atoms with Crippen LogP contribution in [0, 0.1) is 5.41 Å². The highest BCUT2D eigenvalue weighted by molar-refractivity contribution is 5.94. The van der Waals surface area contributed by atoms with Gasteiger partial charge >= 0.3 is 5.97 Å². The van der Waals surface area contributed by atoms with Crippen LogP contribution in [0.15, 0.2) is 24.3 Å². The van der Waals surface area contributed by atoms with Crippen LogP contribution in [0.2, 0.25) is 0 Å². The third-order valence-electron chi connectivity index (χ3n) is 5.74. The Labute approximate surface area is 148 Å². The maximum Gasteiger partial charge on any atom is 0.311 e. The standard InChI is InChI=1S/C20H27NO4/c22-18(21-14-20(19(23)24)10-12-25-13-11-20)17-8-6-16(7-9-17)15-4-2-1-3-5-15/h6-9,15H,1-5,10-14H2,(H,21,22)(H,23,24). The van der Waals surface area contributed by atoms with E-state index in [1.165, 1.54) is 37.7 Å². The predicted molar refractivity (Wildman–Crippen MR) is 94.7 cm³/mol. The predicted octanol–water partition coefficient (Wildman–Crippen LogP) is 3.35. The van der Waals surface area contributed by atoms with Gasteiger partial charge in [0.25, 0.3) is 5.91 Å². The molecule has 0 aromatic heterocycles. The van der Waals surface area contributed by atoms with E-state index in [1.807, 2.05) is 24.3 Å². The van der Waals surface area contributed by atoms with Crippen LogP contribution in [-0.2, 0) is 9.53 Å². The van der Waals surface area contributed by atoms with Gasteiger partial charge in [0.05, 0.1) is 5.41 Å². The average molecular weight is 345 g/mol. The van der Waals surface area contributed by atoms with E-state index < -0.39 is 11.4 Å². The van der Waals surface area contributed by atoms with Gasteiger partial charge in [-0.1, -0.05) is 31.4 Å². The van der Waals surface area contributed by atoms with Gasteiger partial charge in [-0.15, -0.1) is 0 Å². The molecule has 2 fully saturated rings. The SMILES string of the molecule is O=C(NCC1(C(=O)O)CCOCC1)c1ccc(C2CCCCC2)cc1. The van der Waals surface area contributed by atoms with Gasteiger partial charge in [0, 0.05) is 25.3 Å². The third-order valence-corrected chi connectivity index (χ3v) is 5.74. The van der Waals surface area contributed by atoms with Crippen LogP contribution >= 0.6 is 0 Å². The first-order valence-corrected chi connectivity index (χ1v) is 9.30. The summed E-state index contributed by atoms with van der Waals surface area (Å²) in [5.41, 5.74) is 0.991. The lowest BCUT2D eigenvalue weighted by atomic mass is 9.80. The summed E-state index contributed by atoms with van der Waals surface area (Å²) in [6, 6.07) is 7.81. The quantitative estimate of drug-likeness (QED) is 0.858. The molecule has 1 heterocycles. The number of aliphatic carboxylic acids is 1. The number of carbonyl (C=O) groups excluding carboxylic acids is 1. The number of hydrogen-bond donors (Lipinski definition) is 2. The molecule has 1 aliphatic carbocycles. The van der Waals surface area contributed by atoms with E-state index in [0.717, 1.165) is 0 Å². The van der Waals surface area contributed by atoms with Crippen molar-refractivity contribution in [3.05, 3.63) is 35.4 Å². The van der Waals surface area contributed by atoms with Gasteiger partial charge in [-0.3, -0.25) is 9.59 Å². The molecule has 3 rings (SSSR count). The lowest BCUT2D eigenvalue weighted by molar-refractivity contribution is -0.154. The molecule has 1 aromatic carbocycles. The van der Waals surface area contributed by atoms with Crippen LogP contribution in [0.3, 0.4) is 0 Å². The number of carbonyl (C=O) groups is 2.